The molecule has 280 valence electrons. The van der Waals surface area contributed by atoms with Crippen LogP contribution >= 0.6 is 0 Å². The highest BCUT2D eigenvalue weighted by Crippen LogP contribution is 2.42. The van der Waals surface area contributed by atoms with E-state index in [9.17, 15) is 5.11 Å². The molecule has 5 heteroatoms. The summed E-state index contributed by atoms with van der Waals surface area (Å²) in [4.78, 5) is 15.1. The van der Waals surface area contributed by atoms with Gasteiger partial charge in [0.1, 0.15) is 11.6 Å². The number of phenolic OH excluding ortho intramolecular Hbond substituents is 1. The van der Waals surface area contributed by atoms with Gasteiger partial charge in [0.25, 0.3) is 0 Å². The van der Waals surface area contributed by atoms with Crippen molar-refractivity contribution in [2.45, 2.75) is 79.1 Å². The third-order valence-electron chi connectivity index (χ3n) is 10.9. The monoisotopic (exact) mass is 734 g/mol. The number of fused-ring (bicyclic) bond motifs is 2. The number of aromatic hydroxyl groups is 1. The van der Waals surface area contributed by atoms with Crippen LogP contribution in [0.15, 0.2) is 128 Å². The van der Waals surface area contributed by atoms with Gasteiger partial charge in [-0.3, -0.25) is 14.5 Å². The van der Waals surface area contributed by atoms with Crippen LogP contribution in [-0.2, 0) is 10.8 Å². The van der Waals surface area contributed by atoms with Crippen LogP contribution in [0.5, 0.6) is 5.75 Å². The summed E-state index contributed by atoms with van der Waals surface area (Å²) in [5.74, 6) is 1.18. The van der Waals surface area contributed by atoms with E-state index < -0.39 is 0 Å². The van der Waals surface area contributed by atoms with E-state index in [1.165, 1.54) is 16.7 Å². The van der Waals surface area contributed by atoms with Crippen molar-refractivity contribution in [2.75, 3.05) is 0 Å². The fourth-order valence-electron chi connectivity index (χ4n) is 7.59. The zero-order chi connectivity index (χ0) is 39.5. The van der Waals surface area contributed by atoms with E-state index >= 15 is 0 Å². The molecule has 8 aromatic rings. The molecule has 0 amide bonds. The van der Waals surface area contributed by atoms with E-state index in [4.69, 9.17) is 15.0 Å². The number of hydrogen-bond acceptors (Lipinski definition) is 4. The number of pyridine rings is 2. The molecule has 3 heterocycles. The van der Waals surface area contributed by atoms with Gasteiger partial charge in [-0.2, -0.15) is 0 Å². The van der Waals surface area contributed by atoms with Crippen molar-refractivity contribution in [1.29, 1.82) is 0 Å². The van der Waals surface area contributed by atoms with Crippen molar-refractivity contribution in [1.82, 2.24) is 19.5 Å². The molecule has 0 bridgehead atoms. The minimum atomic E-state index is -0.115. The van der Waals surface area contributed by atoms with Crippen LogP contribution in [0.4, 0.5) is 0 Å². The summed E-state index contributed by atoms with van der Waals surface area (Å²) in [5.41, 5.74) is 15.4. The van der Waals surface area contributed by atoms with Gasteiger partial charge in [0, 0.05) is 40.2 Å². The van der Waals surface area contributed by atoms with Gasteiger partial charge in [0.15, 0.2) is 0 Å². The van der Waals surface area contributed by atoms with Crippen LogP contribution in [0.25, 0.3) is 72.5 Å². The van der Waals surface area contributed by atoms with Gasteiger partial charge in [0.05, 0.1) is 27.8 Å². The van der Waals surface area contributed by atoms with E-state index in [1.807, 2.05) is 36.7 Å². The number of hydrogen-bond donors (Lipinski definition) is 1. The van der Waals surface area contributed by atoms with Crippen LogP contribution in [-0.4, -0.2) is 24.6 Å². The second-order valence-corrected chi connectivity index (χ2v) is 17.5. The van der Waals surface area contributed by atoms with E-state index in [-0.39, 0.29) is 22.5 Å². The molecule has 0 unspecified atom stereocenters. The first-order chi connectivity index (χ1) is 26.7. The van der Waals surface area contributed by atoms with Gasteiger partial charge in [-0.1, -0.05) is 97.9 Å². The molecule has 5 aromatic carbocycles. The van der Waals surface area contributed by atoms with E-state index in [0.29, 0.717) is 11.4 Å². The lowest BCUT2D eigenvalue weighted by Gasteiger charge is -2.21. The van der Waals surface area contributed by atoms with Crippen molar-refractivity contribution in [2.24, 2.45) is 0 Å². The molecule has 0 radical (unpaired) electrons. The number of benzene rings is 5. The van der Waals surface area contributed by atoms with Crippen molar-refractivity contribution in [3.63, 3.8) is 0 Å². The Labute approximate surface area is 330 Å². The molecule has 56 heavy (non-hydrogen) atoms. The zero-order valence-corrected chi connectivity index (χ0v) is 33.9. The molecule has 0 aliphatic heterocycles. The SMILES string of the molecule is Cc1ccnc(-c2cc(-c3cccc(-c4cc(C(C)C)cc5c4nc(-c4cc(C(C)(C)C)ccc4O)n5-c4ccc(C(C)(C)C)cc4)c3)c3ncccc3c2)c1. The molecule has 0 aliphatic rings. The third kappa shape index (κ3) is 6.87. The summed E-state index contributed by atoms with van der Waals surface area (Å²) < 4.78 is 2.23. The summed E-state index contributed by atoms with van der Waals surface area (Å²) in [6.45, 7) is 19.9. The molecule has 8 rings (SSSR count). The molecule has 0 fully saturated rings. The predicted octanol–water partition coefficient (Wildman–Crippen LogP) is 13.4. The lowest BCUT2D eigenvalue weighted by Crippen LogP contribution is -2.11. The quantitative estimate of drug-likeness (QED) is 0.185. The smallest absolute Gasteiger partial charge is 0.149 e. The van der Waals surface area contributed by atoms with Crippen LogP contribution in [0.1, 0.15) is 83.6 Å². The number of rotatable bonds is 6. The van der Waals surface area contributed by atoms with Gasteiger partial charge in [-0.25, -0.2) is 4.98 Å². The minimum Gasteiger partial charge on any atom is -0.507 e. The summed E-state index contributed by atoms with van der Waals surface area (Å²) >= 11 is 0. The first kappa shape index (κ1) is 36.9. The van der Waals surface area contributed by atoms with Crippen molar-refractivity contribution < 1.29 is 5.11 Å². The summed E-state index contributed by atoms with van der Waals surface area (Å²) in [5, 5.41) is 12.6. The average Bonchev–Trinajstić information content (AvgIpc) is 3.56. The molecule has 0 saturated heterocycles. The summed E-state index contributed by atoms with van der Waals surface area (Å²) in [7, 11) is 0. The van der Waals surface area contributed by atoms with E-state index in [1.54, 1.807) is 0 Å². The van der Waals surface area contributed by atoms with Gasteiger partial charge in [-0.05, 0) is 130 Å². The molecule has 5 nitrogen and oxygen atoms in total. The molecule has 3 aromatic heterocycles. The van der Waals surface area contributed by atoms with E-state index in [0.717, 1.165) is 66.7 Å². The highest BCUT2D eigenvalue weighted by atomic mass is 16.3. The largest absolute Gasteiger partial charge is 0.507 e. The minimum absolute atomic E-state index is 0.0115. The second kappa shape index (κ2) is 13.9. The molecule has 0 atom stereocenters. The van der Waals surface area contributed by atoms with Crippen molar-refractivity contribution in [3.05, 3.63) is 150 Å². The fourth-order valence-corrected chi connectivity index (χ4v) is 7.59. The maximum atomic E-state index is 11.5. The maximum absolute atomic E-state index is 11.5. The first-order valence-corrected chi connectivity index (χ1v) is 19.6. The molecule has 1 N–H and O–H groups in total. The van der Waals surface area contributed by atoms with Crippen molar-refractivity contribution >= 4 is 21.9 Å². The Kier molecular flexibility index (Phi) is 9.15. The van der Waals surface area contributed by atoms with Crippen LogP contribution in [0.2, 0.25) is 0 Å². The van der Waals surface area contributed by atoms with Crippen molar-refractivity contribution in [3.8, 4) is 56.3 Å². The van der Waals surface area contributed by atoms with Gasteiger partial charge in [0.2, 0.25) is 0 Å². The Balaban J connectivity index is 1.39. The highest BCUT2D eigenvalue weighted by Gasteiger charge is 2.24. The van der Waals surface area contributed by atoms with Crippen LogP contribution in [0.3, 0.4) is 0 Å². The maximum Gasteiger partial charge on any atom is 0.149 e. The van der Waals surface area contributed by atoms with Crippen LogP contribution < -0.4 is 0 Å². The molecule has 0 spiro atoms. The predicted molar refractivity (Wildman–Crippen MR) is 234 cm³/mol. The Hall–Kier alpha value is -6.07. The number of nitrogens with zero attached hydrogens (tertiary/aromatic N) is 4. The van der Waals surface area contributed by atoms with Gasteiger partial charge in [-0.15, -0.1) is 0 Å². The lowest BCUT2D eigenvalue weighted by molar-refractivity contribution is 0.475. The second-order valence-electron chi connectivity index (χ2n) is 17.5. The van der Waals surface area contributed by atoms with Crippen LogP contribution in [0, 0.1) is 6.92 Å². The number of aromatic nitrogens is 4. The van der Waals surface area contributed by atoms with Gasteiger partial charge < -0.3 is 5.11 Å². The Bertz CT molecular complexity index is 2760. The molecular weight excluding hydrogens is 685 g/mol. The number of aryl methyl sites for hydroxylation is 1. The summed E-state index contributed by atoms with van der Waals surface area (Å²) in [6, 6.07) is 40.7. The average molecular weight is 735 g/mol. The Morgan fingerprint density at radius 2 is 1.29 bits per heavy atom. The molecular formula is C51H50N4O. The lowest BCUT2D eigenvalue weighted by atomic mass is 9.86. The molecule has 0 aliphatic carbocycles. The normalized spacial score (nSPS) is 12.2. The van der Waals surface area contributed by atoms with E-state index in [2.05, 4.69) is 158 Å². The number of imidazole rings is 1. The third-order valence-corrected chi connectivity index (χ3v) is 10.9. The zero-order valence-electron chi connectivity index (χ0n) is 33.9. The topological polar surface area (TPSA) is 63.8 Å². The molecule has 0 saturated carbocycles. The number of phenols is 1. The summed E-state index contributed by atoms with van der Waals surface area (Å²) in [6.07, 6.45) is 3.74. The Morgan fingerprint density at radius 1 is 0.589 bits per heavy atom. The first-order valence-electron chi connectivity index (χ1n) is 19.6. The van der Waals surface area contributed by atoms with Gasteiger partial charge >= 0.3 is 0 Å². The fraction of sp³-hybridized carbons (Fsp3) is 0.235. The Morgan fingerprint density at radius 3 is 1.96 bits per heavy atom. The highest BCUT2D eigenvalue weighted by molar-refractivity contribution is 6.00. The standard InChI is InChI=1S/C51H50N4O/c1-31(2)36-27-42(34-13-10-12-33(25-34)41-28-37(44-24-32(3)21-23-52-44)26-35-14-11-22-53-47(35)41)48-45(29-36)55(40-18-15-38(16-19-40)50(4,5)6)49(54-48)43-30-39(51(7,8)9)17-20-46(43)56/h10-31,56H,1-9H3.